The lowest BCUT2D eigenvalue weighted by Gasteiger charge is -2.37. The largest absolute Gasteiger partial charge is 0.492 e. The maximum atomic E-state index is 12.9. The second-order valence-corrected chi connectivity index (χ2v) is 10.00. The van der Waals surface area contributed by atoms with Gasteiger partial charge in [0.05, 0.1) is 11.6 Å². The van der Waals surface area contributed by atoms with Crippen molar-refractivity contribution in [3.05, 3.63) is 54.1 Å². The first-order valence-corrected chi connectivity index (χ1v) is 12.3. The molecule has 0 unspecified atom stereocenters. The zero-order valence-electron chi connectivity index (χ0n) is 21.9. The van der Waals surface area contributed by atoms with Gasteiger partial charge in [0.1, 0.15) is 24.0 Å². The quantitative estimate of drug-likeness (QED) is 0.581. The molecule has 0 N–H and O–H groups in total. The Hall–Kier alpha value is -3.57. The summed E-state index contributed by atoms with van der Waals surface area (Å²) in [6.07, 6.45) is -0.496. The molecule has 0 spiro atoms. The third-order valence-electron chi connectivity index (χ3n) is 6.18. The Morgan fingerprint density at radius 3 is 2.08 bits per heavy atom. The van der Waals surface area contributed by atoms with Crippen molar-refractivity contribution in [2.75, 3.05) is 46.4 Å². The first kappa shape index (κ1) is 27.0. The molecule has 0 aliphatic carbocycles. The van der Waals surface area contributed by atoms with Gasteiger partial charge < -0.3 is 14.4 Å². The van der Waals surface area contributed by atoms with Gasteiger partial charge in [-0.2, -0.15) is 5.26 Å². The number of likely N-dealkylation sites (N-methyl/N-ethyl adjacent to an activating group) is 1. The minimum absolute atomic E-state index is 0.0680. The normalized spacial score (nSPS) is 15.1. The molecule has 1 saturated heterocycles. The lowest BCUT2D eigenvalue weighted by Crippen LogP contribution is -2.55. The fourth-order valence-corrected chi connectivity index (χ4v) is 3.89. The second-order valence-electron chi connectivity index (χ2n) is 10.00. The Balaban J connectivity index is 1.40. The highest BCUT2D eigenvalue weighted by atomic mass is 16.6. The molecule has 8 heteroatoms. The summed E-state index contributed by atoms with van der Waals surface area (Å²) in [7, 11) is 1.60. The molecule has 0 saturated carbocycles. The van der Waals surface area contributed by atoms with E-state index in [2.05, 4.69) is 11.0 Å². The number of nitriles is 1. The molecule has 1 atom stereocenters. The van der Waals surface area contributed by atoms with Gasteiger partial charge >= 0.3 is 6.09 Å². The Kier molecular flexibility index (Phi) is 8.94. The highest BCUT2D eigenvalue weighted by Crippen LogP contribution is 2.23. The number of benzene rings is 2. The molecule has 192 valence electrons. The molecular weight excluding hydrogens is 456 g/mol. The molecule has 2 aromatic carbocycles. The highest BCUT2D eigenvalue weighted by molar-refractivity contribution is 5.85. The van der Waals surface area contributed by atoms with Crippen molar-refractivity contribution < 1.29 is 19.1 Å². The number of amides is 2. The van der Waals surface area contributed by atoms with Crippen LogP contribution in [0.4, 0.5) is 4.79 Å². The number of hydrogen-bond acceptors (Lipinski definition) is 6. The molecule has 8 nitrogen and oxygen atoms in total. The lowest BCUT2D eigenvalue weighted by atomic mass is 10.0. The van der Waals surface area contributed by atoms with Crippen LogP contribution < -0.4 is 4.74 Å². The van der Waals surface area contributed by atoms with E-state index >= 15 is 0 Å². The summed E-state index contributed by atoms with van der Waals surface area (Å²) in [6.45, 7) is 11.2. The Labute approximate surface area is 214 Å². The van der Waals surface area contributed by atoms with E-state index in [9.17, 15) is 9.59 Å². The van der Waals surface area contributed by atoms with Crippen molar-refractivity contribution in [3.63, 3.8) is 0 Å². The predicted molar refractivity (Wildman–Crippen MR) is 139 cm³/mol. The molecule has 1 heterocycles. The Morgan fingerprint density at radius 1 is 1.00 bits per heavy atom. The fourth-order valence-electron chi connectivity index (χ4n) is 3.89. The molecule has 0 bridgehead atoms. The standard InChI is InChI=1S/C28H36N4O4/c1-21(30(5)27(34)36-28(2,3)4)26(33)32-16-14-31(15-17-32)18-19-35-25-12-10-24(11-13-25)23-8-6-22(20-29)7-9-23/h6-13,21H,14-19H2,1-5H3/t21-/m1/s1. The van der Waals surface area contributed by atoms with Crippen LogP contribution in [0.25, 0.3) is 11.1 Å². The van der Waals surface area contributed by atoms with Crippen molar-refractivity contribution >= 4 is 12.0 Å². The lowest BCUT2D eigenvalue weighted by molar-refractivity contribution is -0.137. The van der Waals surface area contributed by atoms with Gasteiger partial charge in [-0.05, 0) is 63.1 Å². The predicted octanol–water partition coefficient (Wildman–Crippen LogP) is 4.00. The average Bonchev–Trinajstić information content (AvgIpc) is 2.87. The van der Waals surface area contributed by atoms with Crippen molar-refractivity contribution in [2.45, 2.75) is 39.3 Å². The van der Waals surface area contributed by atoms with Crippen molar-refractivity contribution in [1.29, 1.82) is 5.26 Å². The van der Waals surface area contributed by atoms with E-state index in [4.69, 9.17) is 14.7 Å². The summed E-state index contributed by atoms with van der Waals surface area (Å²) in [5.74, 6) is 0.738. The molecule has 3 rings (SSSR count). The van der Waals surface area contributed by atoms with Gasteiger partial charge in [-0.15, -0.1) is 0 Å². The summed E-state index contributed by atoms with van der Waals surface area (Å²) >= 11 is 0. The van der Waals surface area contributed by atoms with Crippen LogP contribution in [0.15, 0.2) is 48.5 Å². The molecule has 36 heavy (non-hydrogen) atoms. The van der Waals surface area contributed by atoms with Gasteiger partial charge in [-0.25, -0.2) is 4.79 Å². The van der Waals surface area contributed by atoms with Gasteiger partial charge in [0.25, 0.3) is 0 Å². The van der Waals surface area contributed by atoms with Crippen LogP contribution in [0, 0.1) is 11.3 Å². The summed E-state index contributed by atoms with van der Waals surface area (Å²) in [6, 6.07) is 17.0. The molecule has 1 aliphatic rings. The fraction of sp³-hybridized carbons (Fsp3) is 0.464. The van der Waals surface area contributed by atoms with Crippen molar-refractivity contribution in [1.82, 2.24) is 14.7 Å². The molecule has 2 aromatic rings. The van der Waals surface area contributed by atoms with Gasteiger partial charge in [0, 0.05) is 39.8 Å². The minimum Gasteiger partial charge on any atom is -0.492 e. The van der Waals surface area contributed by atoms with Crippen LogP contribution in [0.3, 0.4) is 0 Å². The van der Waals surface area contributed by atoms with E-state index < -0.39 is 17.7 Å². The number of hydrogen-bond donors (Lipinski definition) is 0. The van der Waals surface area contributed by atoms with Crippen LogP contribution >= 0.6 is 0 Å². The van der Waals surface area contributed by atoms with Crippen LogP contribution in [-0.2, 0) is 9.53 Å². The van der Waals surface area contributed by atoms with Crippen molar-refractivity contribution in [3.8, 4) is 22.9 Å². The van der Waals surface area contributed by atoms with Gasteiger partial charge in [0.2, 0.25) is 5.91 Å². The van der Waals surface area contributed by atoms with E-state index in [1.165, 1.54) is 4.90 Å². The van der Waals surface area contributed by atoms with E-state index in [0.29, 0.717) is 25.3 Å². The molecular formula is C28H36N4O4. The summed E-state index contributed by atoms with van der Waals surface area (Å²) in [5.41, 5.74) is 2.17. The average molecular weight is 493 g/mol. The van der Waals surface area contributed by atoms with E-state index in [1.807, 2.05) is 53.4 Å². The molecule has 1 fully saturated rings. The van der Waals surface area contributed by atoms with Gasteiger partial charge in [0.15, 0.2) is 0 Å². The zero-order chi connectivity index (χ0) is 26.3. The van der Waals surface area contributed by atoms with E-state index in [1.54, 1.807) is 34.7 Å². The second kappa shape index (κ2) is 11.9. The first-order chi connectivity index (χ1) is 17.1. The SMILES string of the molecule is C[C@H](C(=O)N1CCN(CCOc2ccc(-c3ccc(C#N)cc3)cc2)CC1)N(C)C(=O)OC(C)(C)C. The first-order valence-electron chi connectivity index (χ1n) is 12.3. The number of rotatable bonds is 7. The highest BCUT2D eigenvalue weighted by Gasteiger charge is 2.31. The maximum Gasteiger partial charge on any atom is 0.410 e. The van der Waals surface area contributed by atoms with E-state index in [-0.39, 0.29) is 5.91 Å². The summed E-state index contributed by atoms with van der Waals surface area (Å²) in [5, 5.41) is 8.94. The summed E-state index contributed by atoms with van der Waals surface area (Å²) in [4.78, 5) is 30.6. The Bertz CT molecular complexity index is 1060. The molecule has 0 aromatic heterocycles. The van der Waals surface area contributed by atoms with Gasteiger partial charge in [-0.3, -0.25) is 14.6 Å². The monoisotopic (exact) mass is 492 g/mol. The third kappa shape index (κ3) is 7.46. The van der Waals surface area contributed by atoms with Crippen LogP contribution in [0.2, 0.25) is 0 Å². The number of nitrogens with zero attached hydrogens (tertiary/aromatic N) is 4. The number of carbonyl (C=O) groups excluding carboxylic acids is 2. The Morgan fingerprint density at radius 2 is 1.56 bits per heavy atom. The third-order valence-corrected chi connectivity index (χ3v) is 6.18. The van der Waals surface area contributed by atoms with Crippen LogP contribution in [0.5, 0.6) is 5.75 Å². The number of ether oxygens (including phenoxy) is 2. The zero-order valence-corrected chi connectivity index (χ0v) is 21.9. The molecule has 2 amide bonds. The smallest absolute Gasteiger partial charge is 0.410 e. The van der Waals surface area contributed by atoms with Crippen LogP contribution in [-0.4, -0.2) is 84.7 Å². The van der Waals surface area contributed by atoms with Crippen molar-refractivity contribution in [2.24, 2.45) is 0 Å². The topological polar surface area (TPSA) is 86.1 Å². The minimum atomic E-state index is -0.602. The summed E-state index contributed by atoms with van der Waals surface area (Å²) < 4.78 is 11.3. The van der Waals surface area contributed by atoms with E-state index in [0.717, 1.165) is 36.5 Å². The number of piperazine rings is 1. The maximum absolute atomic E-state index is 12.9. The number of carbonyl (C=O) groups is 2. The molecule has 0 radical (unpaired) electrons. The molecule has 1 aliphatic heterocycles. The van der Waals surface area contributed by atoms with Crippen LogP contribution in [0.1, 0.15) is 33.3 Å². The van der Waals surface area contributed by atoms with Gasteiger partial charge in [-0.1, -0.05) is 24.3 Å².